The van der Waals surface area contributed by atoms with E-state index in [-0.39, 0.29) is 12.5 Å². The summed E-state index contributed by atoms with van der Waals surface area (Å²) in [7, 11) is 0. The van der Waals surface area contributed by atoms with Crippen molar-refractivity contribution in [1.82, 2.24) is 15.5 Å². The zero-order valence-electron chi connectivity index (χ0n) is 23.4. The highest BCUT2D eigenvalue weighted by atomic mass is 16.6. The molecular formula is C28H46N4O5. The molecule has 1 rings (SSSR count). The Morgan fingerprint density at radius 2 is 1.59 bits per heavy atom. The van der Waals surface area contributed by atoms with Crippen molar-refractivity contribution >= 4 is 23.8 Å². The third-order valence-electron chi connectivity index (χ3n) is 5.77. The monoisotopic (exact) mass is 518 g/mol. The molecule has 0 saturated carbocycles. The average Bonchev–Trinajstić information content (AvgIpc) is 2.81. The lowest BCUT2D eigenvalue weighted by Gasteiger charge is -2.34. The summed E-state index contributed by atoms with van der Waals surface area (Å²) in [4.78, 5) is 53.3. The highest BCUT2D eigenvalue weighted by Crippen LogP contribution is 2.25. The number of aryl methyl sites for hydroxylation is 1. The first-order valence-corrected chi connectivity index (χ1v) is 13.4. The third-order valence-corrected chi connectivity index (χ3v) is 5.77. The predicted molar refractivity (Wildman–Crippen MR) is 145 cm³/mol. The number of nitrogens with one attached hydrogen (secondary N) is 2. The summed E-state index contributed by atoms with van der Waals surface area (Å²) in [5.74, 6) is -1.62. The SMILES string of the molecule is CCCCCN(C(=O)C(CC(N)=O)NC(=O)OC(C)(C)C)C(C(=O)NCCCC)c1ccc(CC)cc1. The molecular weight excluding hydrogens is 472 g/mol. The Morgan fingerprint density at radius 3 is 2.11 bits per heavy atom. The van der Waals surface area contributed by atoms with Crippen LogP contribution in [0.4, 0.5) is 4.79 Å². The predicted octanol–water partition coefficient (Wildman–Crippen LogP) is 3.99. The molecule has 1 aromatic rings. The van der Waals surface area contributed by atoms with Crippen LogP contribution in [-0.4, -0.2) is 53.4 Å². The maximum Gasteiger partial charge on any atom is 0.408 e. The molecule has 4 amide bonds. The van der Waals surface area contributed by atoms with E-state index in [2.05, 4.69) is 10.6 Å². The lowest BCUT2D eigenvalue weighted by Crippen LogP contribution is -2.54. The first-order chi connectivity index (χ1) is 17.4. The van der Waals surface area contributed by atoms with E-state index in [9.17, 15) is 19.2 Å². The number of ether oxygens (including phenoxy) is 1. The molecule has 9 heteroatoms. The third kappa shape index (κ3) is 11.7. The van der Waals surface area contributed by atoms with Gasteiger partial charge in [0.2, 0.25) is 17.7 Å². The molecule has 9 nitrogen and oxygen atoms in total. The number of benzene rings is 1. The molecule has 0 heterocycles. The molecule has 0 spiro atoms. The number of primary amides is 1. The number of alkyl carbamates (subject to hydrolysis) is 1. The molecule has 208 valence electrons. The summed E-state index contributed by atoms with van der Waals surface area (Å²) >= 11 is 0. The molecule has 1 aromatic carbocycles. The van der Waals surface area contributed by atoms with Crippen LogP contribution >= 0.6 is 0 Å². The van der Waals surface area contributed by atoms with Gasteiger partial charge >= 0.3 is 6.09 Å². The van der Waals surface area contributed by atoms with Gasteiger partial charge in [-0.05, 0) is 51.2 Å². The Bertz CT molecular complexity index is 880. The second-order valence-corrected chi connectivity index (χ2v) is 10.3. The van der Waals surface area contributed by atoms with Gasteiger partial charge in [-0.2, -0.15) is 0 Å². The molecule has 2 atom stereocenters. The van der Waals surface area contributed by atoms with E-state index in [0.29, 0.717) is 18.5 Å². The van der Waals surface area contributed by atoms with Gasteiger partial charge < -0.3 is 26.0 Å². The fraction of sp³-hybridized carbons (Fsp3) is 0.643. The summed E-state index contributed by atoms with van der Waals surface area (Å²) in [5.41, 5.74) is 6.40. The van der Waals surface area contributed by atoms with Crippen molar-refractivity contribution in [1.29, 1.82) is 0 Å². The van der Waals surface area contributed by atoms with Crippen LogP contribution < -0.4 is 16.4 Å². The van der Waals surface area contributed by atoms with E-state index in [1.54, 1.807) is 20.8 Å². The number of amides is 4. The summed E-state index contributed by atoms with van der Waals surface area (Å²) in [6.45, 7) is 12.0. The van der Waals surface area contributed by atoms with E-state index in [1.165, 1.54) is 4.90 Å². The summed E-state index contributed by atoms with van der Waals surface area (Å²) in [6, 6.07) is 5.39. The van der Waals surface area contributed by atoms with Gasteiger partial charge in [-0.3, -0.25) is 14.4 Å². The van der Waals surface area contributed by atoms with Crippen LogP contribution in [0.25, 0.3) is 0 Å². The number of nitrogens with two attached hydrogens (primary N) is 1. The standard InChI is InChI=1S/C28H46N4O5/c1-7-10-12-18-32(26(35)22(19-23(29)33)31-27(36)37-28(4,5)6)24(25(34)30-17-11-8-2)21-15-13-20(9-3)14-16-21/h13-16,22,24H,7-12,17-19H2,1-6H3,(H2,29,33)(H,30,34)(H,31,36). The largest absolute Gasteiger partial charge is 0.444 e. The highest BCUT2D eigenvalue weighted by Gasteiger charge is 2.36. The summed E-state index contributed by atoms with van der Waals surface area (Å²) < 4.78 is 5.31. The van der Waals surface area contributed by atoms with Crippen LogP contribution in [0.5, 0.6) is 0 Å². The molecule has 0 bridgehead atoms. The molecule has 0 aromatic heterocycles. The quantitative estimate of drug-likeness (QED) is 0.302. The minimum absolute atomic E-state index is 0.277. The van der Waals surface area contributed by atoms with Crippen molar-refractivity contribution in [2.75, 3.05) is 13.1 Å². The minimum Gasteiger partial charge on any atom is -0.444 e. The van der Waals surface area contributed by atoms with Gasteiger partial charge in [0.1, 0.15) is 17.7 Å². The number of carbonyl (C=O) groups excluding carboxylic acids is 4. The topological polar surface area (TPSA) is 131 Å². The molecule has 0 aliphatic heterocycles. The first-order valence-electron chi connectivity index (χ1n) is 13.4. The van der Waals surface area contributed by atoms with Gasteiger partial charge in [-0.1, -0.05) is 64.3 Å². The fourth-order valence-electron chi connectivity index (χ4n) is 3.84. The number of hydrogen-bond acceptors (Lipinski definition) is 5. The van der Waals surface area contributed by atoms with Gasteiger partial charge in [0, 0.05) is 13.1 Å². The second-order valence-electron chi connectivity index (χ2n) is 10.3. The number of rotatable bonds is 15. The van der Waals surface area contributed by atoms with E-state index in [1.807, 2.05) is 45.0 Å². The average molecular weight is 519 g/mol. The molecule has 0 aliphatic carbocycles. The Labute approximate surface area is 221 Å². The van der Waals surface area contributed by atoms with E-state index >= 15 is 0 Å². The molecule has 0 saturated heterocycles. The number of nitrogens with zero attached hydrogens (tertiary/aromatic N) is 1. The number of carbonyl (C=O) groups is 4. The highest BCUT2D eigenvalue weighted by molar-refractivity contribution is 5.94. The van der Waals surface area contributed by atoms with Crippen molar-refractivity contribution in [2.45, 2.75) is 104 Å². The van der Waals surface area contributed by atoms with Gasteiger partial charge in [0.05, 0.1) is 6.42 Å². The molecule has 2 unspecified atom stereocenters. The van der Waals surface area contributed by atoms with Crippen LogP contribution in [0.3, 0.4) is 0 Å². The van der Waals surface area contributed by atoms with Crippen LogP contribution in [0.15, 0.2) is 24.3 Å². The van der Waals surface area contributed by atoms with Crippen molar-refractivity contribution in [3.05, 3.63) is 35.4 Å². The Balaban J connectivity index is 3.46. The molecule has 0 fully saturated rings. The van der Waals surface area contributed by atoms with Crippen LogP contribution in [0.1, 0.15) is 97.2 Å². The molecule has 0 radical (unpaired) electrons. The molecule has 4 N–H and O–H groups in total. The van der Waals surface area contributed by atoms with Crippen molar-refractivity contribution < 1.29 is 23.9 Å². The summed E-state index contributed by atoms with van der Waals surface area (Å²) in [5, 5.41) is 5.46. The molecule has 37 heavy (non-hydrogen) atoms. The maximum atomic E-state index is 13.9. The van der Waals surface area contributed by atoms with Crippen LogP contribution in [-0.2, 0) is 25.5 Å². The van der Waals surface area contributed by atoms with Crippen molar-refractivity contribution in [2.24, 2.45) is 5.73 Å². The molecule has 0 aliphatic rings. The lowest BCUT2D eigenvalue weighted by molar-refractivity contribution is -0.143. The van der Waals surface area contributed by atoms with Crippen LogP contribution in [0.2, 0.25) is 0 Å². The van der Waals surface area contributed by atoms with Crippen LogP contribution in [0, 0.1) is 0 Å². The van der Waals surface area contributed by atoms with Gasteiger partial charge in [-0.15, -0.1) is 0 Å². The van der Waals surface area contributed by atoms with E-state index in [0.717, 1.165) is 37.7 Å². The second kappa shape index (κ2) is 15.9. The first kappa shape index (κ1) is 31.9. The number of unbranched alkanes of at least 4 members (excludes halogenated alkanes) is 3. The maximum absolute atomic E-state index is 13.9. The van der Waals surface area contributed by atoms with Crippen molar-refractivity contribution in [3.63, 3.8) is 0 Å². The lowest BCUT2D eigenvalue weighted by atomic mass is 9.99. The Kier molecular flexibility index (Phi) is 13.7. The number of hydrogen-bond donors (Lipinski definition) is 3. The van der Waals surface area contributed by atoms with Gasteiger partial charge in [0.15, 0.2) is 0 Å². The zero-order chi connectivity index (χ0) is 28.0. The Morgan fingerprint density at radius 1 is 0.973 bits per heavy atom. The summed E-state index contributed by atoms with van der Waals surface area (Å²) in [6.07, 6.45) is 3.73. The smallest absolute Gasteiger partial charge is 0.408 e. The van der Waals surface area contributed by atoms with Gasteiger partial charge in [0.25, 0.3) is 0 Å². The fourth-order valence-corrected chi connectivity index (χ4v) is 3.84. The Hall–Kier alpha value is -3.10. The minimum atomic E-state index is -1.27. The normalized spacial score (nSPS) is 12.8. The van der Waals surface area contributed by atoms with E-state index in [4.69, 9.17) is 10.5 Å². The van der Waals surface area contributed by atoms with Crippen molar-refractivity contribution in [3.8, 4) is 0 Å². The van der Waals surface area contributed by atoms with E-state index < -0.39 is 42.0 Å². The van der Waals surface area contributed by atoms with Gasteiger partial charge in [-0.25, -0.2) is 4.79 Å². The zero-order valence-corrected chi connectivity index (χ0v) is 23.4.